The quantitative estimate of drug-likeness (QED) is 0.383. The van der Waals surface area contributed by atoms with Crippen molar-refractivity contribution in [3.63, 3.8) is 0 Å². The molecule has 17 heteroatoms. The molecule has 0 aliphatic carbocycles. The fourth-order valence-corrected chi connectivity index (χ4v) is 1.87. The van der Waals surface area contributed by atoms with E-state index >= 15 is 0 Å². The average molecular weight is 460 g/mol. The molecular weight excluding hydrogens is 455 g/mol. The first-order chi connectivity index (χ1) is 11.9. The summed E-state index contributed by atoms with van der Waals surface area (Å²) in [5.41, 5.74) is -13.5. The van der Waals surface area contributed by atoms with E-state index in [4.69, 9.17) is 0 Å². The Labute approximate surface area is 143 Å². The first-order valence-electron chi connectivity index (χ1n) is 6.27. The third-order valence-electron chi connectivity index (χ3n) is 3.39. The normalized spacial score (nSPS) is 15.2. The van der Waals surface area contributed by atoms with Crippen LogP contribution < -0.4 is 0 Å². The van der Waals surface area contributed by atoms with E-state index in [9.17, 15) is 74.6 Å². The van der Waals surface area contributed by atoms with Crippen molar-refractivity contribution < 1.29 is 74.6 Å². The smallest absolute Gasteiger partial charge is 0.224 e. The Morgan fingerprint density at radius 1 is 0.464 bits per heavy atom. The van der Waals surface area contributed by atoms with Crippen LogP contribution in [0.4, 0.5) is 74.6 Å². The summed E-state index contributed by atoms with van der Waals surface area (Å²) in [5, 5.41) is 0. The summed E-state index contributed by atoms with van der Waals surface area (Å²) in [6.07, 6.45) is -40.0. The highest BCUT2D eigenvalue weighted by atomic mass is 19.4. The lowest BCUT2D eigenvalue weighted by Gasteiger charge is -2.36. The van der Waals surface area contributed by atoms with Gasteiger partial charge in [0.05, 0.1) is 0 Å². The summed E-state index contributed by atoms with van der Waals surface area (Å²) in [6.45, 7) is 0. The van der Waals surface area contributed by atoms with Gasteiger partial charge in [-0.2, -0.15) is 61.5 Å². The molecular formula is C11H5F17. The van der Waals surface area contributed by atoms with Gasteiger partial charge >= 0.3 is 30.8 Å². The monoisotopic (exact) mass is 460 g/mol. The second kappa shape index (κ2) is 7.42. The highest BCUT2D eigenvalue weighted by Gasteiger charge is 2.76. The standard InChI is InChI=1S/C11H5F17/c12-4(5(13)14)3(1-6(15,8(17,18)19)9(20,21)22)2-7(16,10(23,24)25)11(26,27)28/h3H,1-2H2. The zero-order valence-corrected chi connectivity index (χ0v) is 12.4. The molecule has 168 valence electrons. The van der Waals surface area contributed by atoms with E-state index in [1.165, 1.54) is 0 Å². The summed E-state index contributed by atoms with van der Waals surface area (Å²) in [5.74, 6) is -8.14. The molecule has 0 amide bonds. The minimum atomic E-state index is -7.13. The molecule has 0 nitrogen and oxygen atoms in total. The Bertz CT molecular complexity index is 498. The molecule has 0 rings (SSSR count). The summed E-state index contributed by atoms with van der Waals surface area (Å²) in [6, 6.07) is 0. The molecule has 0 unspecified atom stereocenters. The van der Waals surface area contributed by atoms with Crippen molar-refractivity contribution in [2.24, 2.45) is 5.92 Å². The fraction of sp³-hybridized carbons (Fsp3) is 0.818. The van der Waals surface area contributed by atoms with Crippen molar-refractivity contribution in [3.05, 3.63) is 11.9 Å². The molecule has 0 saturated carbocycles. The summed E-state index contributed by atoms with van der Waals surface area (Å²) in [7, 11) is 0. The van der Waals surface area contributed by atoms with Crippen LogP contribution in [0.15, 0.2) is 11.9 Å². The molecule has 0 spiro atoms. The summed E-state index contributed by atoms with van der Waals surface area (Å²) < 4.78 is 213. The molecule has 0 aliphatic heterocycles. The van der Waals surface area contributed by atoms with Crippen molar-refractivity contribution in [2.45, 2.75) is 48.9 Å². The second-order valence-corrected chi connectivity index (χ2v) is 5.31. The van der Waals surface area contributed by atoms with E-state index in [0.29, 0.717) is 0 Å². The van der Waals surface area contributed by atoms with Crippen LogP contribution in [-0.4, -0.2) is 36.0 Å². The highest BCUT2D eigenvalue weighted by Crippen LogP contribution is 2.55. The van der Waals surface area contributed by atoms with Crippen molar-refractivity contribution in [2.75, 3.05) is 0 Å². The average Bonchev–Trinajstić information content (AvgIpc) is 2.40. The Kier molecular flexibility index (Phi) is 7.04. The Hall–Kier alpha value is -1.45. The molecule has 0 aliphatic rings. The van der Waals surface area contributed by atoms with Gasteiger partial charge in [-0.1, -0.05) is 0 Å². The van der Waals surface area contributed by atoms with Gasteiger partial charge in [0.25, 0.3) is 11.3 Å². The molecule has 0 N–H and O–H groups in total. The minimum absolute atomic E-state index is 3.70. The van der Waals surface area contributed by atoms with Crippen LogP contribution in [0.2, 0.25) is 0 Å². The summed E-state index contributed by atoms with van der Waals surface area (Å²) >= 11 is 0. The number of hydrogen-bond donors (Lipinski definition) is 0. The molecule has 0 aromatic heterocycles. The number of alkyl halides is 14. The number of rotatable bonds is 5. The van der Waals surface area contributed by atoms with Gasteiger partial charge in [-0.3, -0.25) is 0 Å². The van der Waals surface area contributed by atoms with Crippen molar-refractivity contribution >= 4 is 0 Å². The van der Waals surface area contributed by atoms with Gasteiger partial charge in [0.2, 0.25) is 0 Å². The molecule has 0 atom stereocenters. The van der Waals surface area contributed by atoms with Crippen LogP contribution in [0.25, 0.3) is 0 Å². The van der Waals surface area contributed by atoms with Crippen molar-refractivity contribution in [1.82, 2.24) is 0 Å². The molecule has 0 heterocycles. The fourth-order valence-electron chi connectivity index (χ4n) is 1.87. The van der Waals surface area contributed by atoms with Crippen LogP contribution in [0.3, 0.4) is 0 Å². The van der Waals surface area contributed by atoms with Crippen LogP contribution in [0.1, 0.15) is 12.8 Å². The van der Waals surface area contributed by atoms with E-state index in [1.807, 2.05) is 0 Å². The van der Waals surface area contributed by atoms with Crippen molar-refractivity contribution in [1.29, 1.82) is 0 Å². The molecule has 0 bridgehead atoms. The van der Waals surface area contributed by atoms with Gasteiger partial charge in [0, 0.05) is 18.8 Å². The second-order valence-electron chi connectivity index (χ2n) is 5.31. The van der Waals surface area contributed by atoms with Crippen molar-refractivity contribution in [3.8, 4) is 0 Å². The van der Waals surface area contributed by atoms with Gasteiger partial charge in [0.1, 0.15) is 0 Å². The molecule has 0 radical (unpaired) electrons. The van der Waals surface area contributed by atoms with Crippen LogP contribution >= 0.6 is 0 Å². The van der Waals surface area contributed by atoms with Gasteiger partial charge in [-0.25, -0.2) is 13.2 Å². The van der Waals surface area contributed by atoms with Gasteiger partial charge < -0.3 is 0 Å². The topological polar surface area (TPSA) is 0 Å². The van der Waals surface area contributed by atoms with Crippen LogP contribution in [0.5, 0.6) is 0 Å². The molecule has 0 aromatic carbocycles. The Morgan fingerprint density at radius 2 is 0.679 bits per heavy atom. The zero-order chi connectivity index (χ0) is 23.1. The lowest BCUT2D eigenvalue weighted by molar-refractivity contribution is -0.355. The lowest BCUT2D eigenvalue weighted by atomic mass is 9.82. The minimum Gasteiger partial charge on any atom is -0.224 e. The molecule has 0 fully saturated rings. The third-order valence-corrected chi connectivity index (χ3v) is 3.39. The van der Waals surface area contributed by atoms with Gasteiger partial charge in [0.15, 0.2) is 5.83 Å². The maximum atomic E-state index is 13.5. The molecule has 28 heavy (non-hydrogen) atoms. The first kappa shape index (κ1) is 26.6. The maximum absolute atomic E-state index is 13.5. The maximum Gasteiger partial charge on any atom is 0.431 e. The Balaban J connectivity index is 6.53. The largest absolute Gasteiger partial charge is 0.431 e. The summed E-state index contributed by atoms with van der Waals surface area (Å²) in [4.78, 5) is 0. The number of hydrogen-bond acceptors (Lipinski definition) is 0. The van der Waals surface area contributed by atoms with E-state index in [2.05, 4.69) is 0 Å². The molecule has 0 saturated heterocycles. The predicted octanol–water partition coefficient (Wildman–Crippen LogP) is 7.13. The van der Waals surface area contributed by atoms with Crippen LogP contribution in [0, 0.1) is 5.92 Å². The number of allylic oxidation sites excluding steroid dienone is 1. The number of halogens is 17. The highest BCUT2D eigenvalue weighted by molar-refractivity contribution is 5.09. The lowest BCUT2D eigenvalue weighted by Crippen LogP contribution is -2.57. The van der Waals surface area contributed by atoms with E-state index < -0.39 is 66.7 Å². The Morgan fingerprint density at radius 3 is 0.821 bits per heavy atom. The van der Waals surface area contributed by atoms with Gasteiger partial charge in [-0.05, 0) is 0 Å². The molecule has 0 aromatic rings. The zero-order valence-electron chi connectivity index (χ0n) is 12.4. The third kappa shape index (κ3) is 4.93. The van der Waals surface area contributed by atoms with E-state index in [0.717, 1.165) is 0 Å². The predicted molar refractivity (Wildman–Crippen MR) is 55.0 cm³/mol. The SMILES string of the molecule is FC(F)=C(F)C(CC(F)(C(F)(F)F)C(F)(F)F)CC(F)(C(F)(F)F)C(F)(F)F. The van der Waals surface area contributed by atoms with Gasteiger partial charge in [-0.15, -0.1) is 0 Å². The van der Waals surface area contributed by atoms with Crippen LogP contribution in [-0.2, 0) is 0 Å². The van der Waals surface area contributed by atoms with E-state index in [1.54, 1.807) is 0 Å². The van der Waals surface area contributed by atoms with E-state index in [-0.39, 0.29) is 0 Å². The first-order valence-corrected chi connectivity index (χ1v) is 6.27.